The first-order valence-corrected chi connectivity index (χ1v) is 6.74. The molecule has 0 saturated heterocycles. The van der Waals surface area contributed by atoms with Gasteiger partial charge in [0.25, 0.3) is 0 Å². The minimum absolute atomic E-state index is 0.230. The highest BCUT2D eigenvalue weighted by atomic mass is 79.9. The Balaban J connectivity index is 1.96. The summed E-state index contributed by atoms with van der Waals surface area (Å²) in [5, 5.41) is 10.9. The molecule has 0 aliphatic heterocycles. The molecule has 0 atom stereocenters. The summed E-state index contributed by atoms with van der Waals surface area (Å²) in [5.74, 6) is 0. The van der Waals surface area contributed by atoms with Gasteiger partial charge in [-0.3, -0.25) is 0 Å². The van der Waals surface area contributed by atoms with Gasteiger partial charge < -0.3 is 9.67 Å². The molecule has 3 rings (SSSR count). The molecule has 1 fully saturated rings. The van der Waals surface area contributed by atoms with Crippen molar-refractivity contribution in [3.63, 3.8) is 0 Å². The molecule has 1 aliphatic rings. The van der Waals surface area contributed by atoms with E-state index in [4.69, 9.17) is 11.6 Å². The van der Waals surface area contributed by atoms with E-state index in [1.165, 1.54) is 6.33 Å². The van der Waals surface area contributed by atoms with Crippen LogP contribution < -0.4 is 0 Å². The molecule has 2 aromatic heterocycles. The van der Waals surface area contributed by atoms with Gasteiger partial charge in [0.1, 0.15) is 11.8 Å². The minimum Gasteiger partial charge on any atom is -0.389 e. The Hall–Kier alpha value is -0.720. The second-order valence-corrected chi connectivity index (χ2v) is 5.33. The van der Waals surface area contributed by atoms with E-state index >= 15 is 0 Å². The monoisotopic (exact) mass is 316 g/mol. The SMILES string of the molecule is OC1(CBr)CC(n2cnc3c(Cl)ncnc32)C1. The van der Waals surface area contributed by atoms with Crippen molar-refractivity contribution in [1.82, 2.24) is 19.5 Å². The predicted molar refractivity (Wildman–Crippen MR) is 67.3 cm³/mol. The van der Waals surface area contributed by atoms with Crippen LogP contribution in [0.15, 0.2) is 12.7 Å². The van der Waals surface area contributed by atoms with Crippen molar-refractivity contribution < 1.29 is 5.11 Å². The lowest BCUT2D eigenvalue weighted by atomic mass is 9.77. The zero-order valence-corrected chi connectivity index (χ0v) is 11.2. The number of aromatic nitrogens is 4. The smallest absolute Gasteiger partial charge is 0.165 e. The maximum atomic E-state index is 9.98. The summed E-state index contributed by atoms with van der Waals surface area (Å²) in [5.41, 5.74) is 0.744. The molecular weight excluding hydrogens is 307 g/mol. The van der Waals surface area contributed by atoms with Gasteiger partial charge in [0.2, 0.25) is 0 Å². The molecule has 0 unspecified atom stereocenters. The van der Waals surface area contributed by atoms with Gasteiger partial charge in [-0.05, 0) is 12.8 Å². The Kier molecular flexibility index (Phi) is 2.61. The summed E-state index contributed by atoms with van der Waals surface area (Å²) in [4.78, 5) is 12.3. The van der Waals surface area contributed by atoms with Crippen LogP contribution in [0.2, 0.25) is 5.15 Å². The van der Waals surface area contributed by atoms with Crippen LogP contribution in [0.1, 0.15) is 18.9 Å². The summed E-state index contributed by atoms with van der Waals surface area (Å²) in [6.45, 7) is 0. The lowest BCUT2D eigenvalue weighted by Gasteiger charge is -2.43. The van der Waals surface area contributed by atoms with E-state index in [1.807, 2.05) is 4.57 Å². The Labute approximate surface area is 111 Å². The molecule has 0 amide bonds. The van der Waals surface area contributed by atoms with E-state index in [2.05, 4.69) is 30.9 Å². The summed E-state index contributed by atoms with van der Waals surface area (Å²) in [7, 11) is 0. The van der Waals surface area contributed by atoms with Crippen molar-refractivity contribution in [2.45, 2.75) is 24.5 Å². The largest absolute Gasteiger partial charge is 0.389 e. The maximum Gasteiger partial charge on any atom is 0.165 e. The highest BCUT2D eigenvalue weighted by molar-refractivity contribution is 9.09. The first-order valence-electron chi connectivity index (χ1n) is 5.24. The van der Waals surface area contributed by atoms with Crippen molar-refractivity contribution in [2.24, 2.45) is 0 Å². The van der Waals surface area contributed by atoms with Crippen molar-refractivity contribution in [3.8, 4) is 0 Å². The number of hydrogen-bond donors (Lipinski definition) is 1. The quantitative estimate of drug-likeness (QED) is 0.679. The Morgan fingerprint density at radius 1 is 1.47 bits per heavy atom. The molecule has 17 heavy (non-hydrogen) atoms. The highest BCUT2D eigenvalue weighted by Gasteiger charge is 2.43. The normalized spacial score (nSPS) is 28.3. The van der Waals surface area contributed by atoms with Gasteiger partial charge in [-0.1, -0.05) is 27.5 Å². The zero-order valence-electron chi connectivity index (χ0n) is 8.85. The molecule has 1 aliphatic carbocycles. The number of nitrogens with zero attached hydrogens (tertiary/aromatic N) is 4. The van der Waals surface area contributed by atoms with Crippen LogP contribution in [-0.4, -0.2) is 35.6 Å². The zero-order chi connectivity index (χ0) is 12.0. The number of hydrogen-bond acceptors (Lipinski definition) is 4. The standard InChI is InChI=1S/C10H10BrClN4O/c11-3-10(17)1-6(2-10)16-5-15-7-8(12)13-4-14-9(7)16/h4-6,17H,1-3H2. The van der Waals surface area contributed by atoms with Gasteiger partial charge in [-0.25, -0.2) is 15.0 Å². The molecular formula is C10H10BrClN4O. The number of fused-ring (bicyclic) bond motifs is 1. The maximum absolute atomic E-state index is 9.98. The third-order valence-electron chi connectivity index (χ3n) is 3.19. The molecule has 0 aromatic carbocycles. The third-order valence-corrected chi connectivity index (χ3v) is 4.51. The van der Waals surface area contributed by atoms with Gasteiger partial charge in [0.05, 0.1) is 11.9 Å². The van der Waals surface area contributed by atoms with Crippen LogP contribution in [0, 0.1) is 0 Å². The van der Waals surface area contributed by atoms with E-state index in [-0.39, 0.29) is 6.04 Å². The van der Waals surface area contributed by atoms with Crippen LogP contribution in [0.3, 0.4) is 0 Å². The summed E-state index contributed by atoms with van der Waals surface area (Å²) >= 11 is 9.25. The molecule has 0 spiro atoms. The second kappa shape index (κ2) is 3.90. The van der Waals surface area contributed by atoms with Gasteiger partial charge in [0.15, 0.2) is 10.8 Å². The van der Waals surface area contributed by atoms with E-state index < -0.39 is 5.60 Å². The van der Waals surface area contributed by atoms with Crippen molar-refractivity contribution in [1.29, 1.82) is 0 Å². The van der Waals surface area contributed by atoms with Crippen molar-refractivity contribution in [3.05, 3.63) is 17.8 Å². The van der Waals surface area contributed by atoms with E-state index in [1.54, 1.807) is 6.33 Å². The van der Waals surface area contributed by atoms with Gasteiger partial charge in [-0.2, -0.15) is 0 Å². The summed E-state index contributed by atoms with van der Waals surface area (Å²) < 4.78 is 1.96. The number of alkyl halides is 1. The van der Waals surface area contributed by atoms with Crippen molar-refractivity contribution >= 4 is 38.7 Å². The highest BCUT2D eigenvalue weighted by Crippen LogP contribution is 2.43. The molecule has 0 radical (unpaired) electrons. The van der Waals surface area contributed by atoms with Crippen LogP contribution in [0.25, 0.3) is 11.2 Å². The molecule has 2 aromatic rings. The lowest BCUT2D eigenvalue weighted by molar-refractivity contribution is -0.0445. The average Bonchev–Trinajstić information content (AvgIpc) is 2.70. The first-order chi connectivity index (χ1) is 8.13. The van der Waals surface area contributed by atoms with E-state index in [9.17, 15) is 5.11 Å². The van der Waals surface area contributed by atoms with E-state index in [0.29, 0.717) is 28.8 Å². The predicted octanol–water partition coefficient (Wildman–Crippen LogP) is 1.94. The van der Waals surface area contributed by atoms with Gasteiger partial charge in [0, 0.05) is 11.4 Å². The Morgan fingerprint density at radius 3 is 2.94 bits per heavy atom. The molecule has 7 heteroatoms. The first kappa shape index (κ1) is 11.4. The van der Waals surface area contributed by atoms with Crippen LogP contribution in [0.4, 0.5) is 0 Å². The molecule has 5 nitrogen and oxygen atoms in total. The van der Waals surface area contributed by atoms with Crippen LogP contribution in [-0.2, 0) is 0 Å². The minimum atomic E-state index is -0.599. The van der Waals surface area contributed by atoms with Crippen LogP contribution in [0.5, 0.6) is 0 Å². The fourth-order valence-corrected chi connectivity index (χ4v) is 2.85. The molecule has 90 valence electrons. The van der Waals surface area contributed by atoms with Crippen molar-refractivity contribution in [2.75, 3.05) is 5.33 Å². The average molecular weight is 318 g/mol. The Morgan fingerprint density at radius 2 is 2.24 bits per heavy atom. The van der Waals surface area contributed by atoms with Gasteiger partial charge in [-0.15, -0.1) is 0 Å². The fraction of sp³-hybridized carbons (Fsp3) is 0.500. The molecule has 1 saturated carbocycles. The number of halogens is 2. The number of aliphatic hydroxyl groups is 1. The third kappa shape index (κ3) is 1.75. The summed E-state index contributed by atoms with van der Waals surface area (Å²) in [6.07, 6.45) is 4.54. The van der Waals surface area contributed by atoms with Gasteiger partial charge >= 0.3 is 0 Å². The number of rotatable bonds is 2. The topological polar surface area (TPSA) is 63.8 Å². The second-order valence-electron chi connectivity index (χ2n) is 4.41. The molecule has 0 bridgehead atoms. The van der Waals surface area contributed by atoms with E-state index in [0.717, 1.165) is 5.65 Å². The van der Waals surface area contributed by atoms with Crippen LogP contribution >= 0.6 is 27.5 Å². The summed E-state index contributed by atoms with van der Waals surface area (Å²) in [6, 6.07) is 0.230. The molecule has 1 N–H and O–H groups in total. The molecule has 2 heterocycles. The lowest BCUT2D eigenvalue weighted by Crippen LogP contribution is -2.46. The Bertz CT molecular complexity index is 566. The fourth-order valence-electron chi connectivity index (χ4n) is 2.21. The number of imidazole rings is 1.